The van der Waals surface area contributed by atoms with Gasteiger partial charge < -0.3 is 10.1 Å². The van der Waals surface area contributed by atoms with Crippen LogP contribution in [0.1, 0.15) is 18.4 Å². The number of carbonyl (C=O) groups is 1. The van der Waals surface area contributed by atoms with Gasteiger partial charge in [-0.15, -0.1) is 0 Å². The number of carbonyl (C=O) groups excluding carboxylic acids is 1. The van der Waals surface area contributed by atoms with E-state index >= 15 is 0 Å². The molecule has 0 saturated heterocycles. The second-order valence-electron chi connectivity index (χ2n) is 5.30. The molecule has 2 aromatic rings. The lowest BCUT2D eigenvalue weighted by molar-refractivity contribution is -0.385. The summed E-state index contributed by atoms with van der Waals surface area (Å²) in [6.07, 6.45) is -4.24. The number of anilines is 1. The highest BCUT2D eigenvalue weighted by atomic mass is 19.4. The fraction of sp³-hybridized carbons (Fsp3) is 0.235. The highest BCUT2D eigenvalue weighted by Gasteiger charge is 2.30. The molecule has 0 unspecified atom stereocenters. The summed E-state index contributed by atoms with van der Waals surface area (Å²) in [4.78, 5) is 22.1. The van der Waals surface area contributed by atoms with Crippen molar-refractivity contribution in [3.63, 3.8) is 0 Å². The minimum atomic E-state index is -4.49. The van der Waals surface area contributed by atoms with Gasteiger partial charge in [-0.05, 0) is 30.7 Å². The quantitative estimate of drug-likeness (QED) is 0.446. The summed E-state index contributed by atoms with van der Waals surface area (Å²) in [6, 6.07) is 10.2. The zero-order valence-corrected chi connectivity index (χ0v) is 13.5. The first-order valence-corrected chi connectivity index (χ1v) is 7.60. The Bertz CT molecular complexity index is 794. The maximum absolute atomic E-state index is 12.6. The van der Waals surface area contributed by atoms with Crippen molar-refractivity contribution >= 4 is 17.3 Å². The van der Waals surface area contributed by atoms with Gasteiger partial charge in [-0.25, -0.2) is 0 Å². The highest BCUT2D eigenvalue weighted by Crippen LogP contribution is 2.30. The van der Waals surface area contributed by atoms with Crippen LogP contribution in [-0.4, -0.2) is 17.4 Å². The number of hydrogen-bond acceptors (Lipinski definition) is 4. The maximum atomic E-state index is 12.6. The van der Waals surface area contributed by atoms with E-state index in [9.17, 15) is 28.1 Å². The number of amides is 1. The van der Waals surface area contributed by atoms with Crippen LogP contribution in [0.3, 0.4) is 0 Å². The number of ether oxygens (including phenoxy) is 1. The third-order valence-electron chi connectivity index (χ3n) is 3.34. The number of nitro benzene ring substituents is 1. The van der Waals surface area contributed by atoms with E-state index in [4.69, 9.17) is 4.74 Å². The summed E-state index contributed by atoms with van der Waals surface area (Å²) in [5.74, 6) is -0.383. The number of halogens is 3. The number of alkyl halides is 3. The molecule has 0 aromatic heterocycles. The van der Waals surface area contributed by atoms with Crippen LogP contribution in [0.25, 0.3) is 0 Å². The second kappa shape index (κ2) is 8.32. The van der Waals surface area contributed by atoms with Crippen LogP contribution in [0.15, 0.2) is 48.5 Å². The smallest absolute Gasteiger partial charge is 0.416 e. The van der Waals surface area contributed by atoms with Crippen molar-refractivity contribution in [3.8, 4) is 5.75 Å². The standard InChI is InChI=1S/C17H15F3N2O4/c18-17(19,20)12-5-3-6-13(11-12)21-16(23)9-4-10-26-15-8-2-1-7-14(15)22(24)25/h1-3,5-8,11H,4,9-10H2,(H,21,23). The molecule has 0 bridgehead atoms. The fourth-order valence-electron chi connectivity index (χ4n) is 2.14. The van der Waals surface area contributed by atoms with Gasteiger partial charge in [0.2, 0.25) is 5.91 Å². The van der Waals surface area contributed by atoms with Gasteiger partial charge in [-0.3, -0.25) is 14.9 Å². The Morgan fingerprint density at radius 3 is 2.58 bits per heavy atom. The Kier molecular flexibility index (Phi) is 6.16. The molecule has 2 aromatic carbocycles. The van der Waals surface area contributed by atoms with E-state index in [1.165, 1.54) is 30.3 Å². The Balaban J connectivity index is 1.82. The molecule has 0 atom stereocenters. The topological polar surface area (TPSA) is 81.5 Å². The van der Waals surface area contributed by atoms with E-state index in [0.717, 1.165) is 12.1 Å². The maximum Gasteiger partial charge on any atom is 0.416 e. The number of para-hydroxylation sites is 2. The Morgan fingerprint density at radius 2 is 1.88 bits per heavy atom. The number of nitro groups is 1. The van der Waals surface area contributed by atoms with Crippen molar-refractivity contribution in [1.29, 1.82) is 0 Å². The molecule has 0 radical (unpaired) electrons. The van der Waals surface area contributed by atoms with E-state index in [2.05, 4.69) is 5.32 Å². The second-order valence-corrected chi connectivity index (χ2v) is 5.30. The van der Waals surface area contributed by atoms with E-state index in [1.54, 1.807) is 6.07 Å². The molecule has 0 heterocycles. The molecule has 2 rings (SSSR count). The summed E-state index contributed by atoms with van der Waals surface area (Å²) in [7, 11) is 0. The van der Waals surface area contributed by atoms with Crippen molar-refractivity contribution in [1.82, 2.24) is 0 Å². The molecule has 9 heteroatoms. The predicted octanol–water partition coefficient (Wildman–Crippen LogP) is 4.41. The van der Waals surface area contributed by atoms with E-state index in [1.807, 2.05) is 0 Å². The molecule has 0 saturated carbocycles. The lowest BCUT2D eigenvalue weighted by Gasteiger charge is -2.10. The number of nitrogens with one attached hydrogen (secondary N) is 1. The zero-order chi connectivity index (χ0) is 19.2. The molecule has 26 heavy (non-hydrogen) atoms. The summed E-state index contributed by atoms with van der Waals surface area (Å²) in [5.41, 5.74) is -0.986. The minimum absolute atomic E-state index is 0.00310. The summed E-state index contributed by atoms with van der Waals surface area (Å²) in [6.45, 7) is 0.0564. The number of benzene rings is 2. The van der Waals surface area contributed by atoms with Crippen LogP contribution in [0.5, 0.6) is 5.75 Å². The van der Waals surface area contributed by atoms with Gasteiger partial charge in [-0.1, -0.05) is 18.2 Å². The molecule has 138 valence electrons. The van der Waals surface area contributed by atoms with Gasteiger partial charge in [-0.2, -0.15) is 13.2 Å². The molecule has 0 spiro atoms. The van der Waals surface area contributed by atoms with Crippen molar-refractivity contribution in [3.05, 3.63) is 64.2 Å². The minimum Gasteiger partial charge on any atom is -0.487 e. The van der Waals surface area contributed by atoms with Crippen LogP contribution in [0, 0.1) is 10.1 Å². The predicted molar refractivity (Wildman–Crippen MR) is 87.9 cm³/mol. The third-order valence-corrected chi connectivity index (χ3v) is 3.34. The van der Waals surface area contributed by atoms with Crippen LogP contribution < -0.4 is 10.1 Å². The van der Waals surface area contributed by atoms with Gasteiger partial charge in [0.1, 0.15) is 0 Å². The first kappa shape index (κ1) is 19.2. The summed E-state index contributed by atoms with van der Waals surface area (Å²) >= 11 is 0. The van der Waals surface area contributed by atoms with Gasteiger partial charge in [0.05, 0.1) is 17.1 Å². The molecule has 1 amide bonds. The average Bonchev–Trinajstić information content (AvgIpc) is 2.58. The SMILES string of the molecule is O=C(CCCOc1ccccc1[N+](=O)[O-])Nc1cccc(C(F)(F)F)c1. The average molecular weight is 368 g/mol. The van der Waals surface area contributed by atoms with Crippen LogP contribution >= 0.6 is 0 Å². The molecular formula is C17H15F3N2O4. The molecule has 6 nitrogen and oxygen atoms in total. The molecule has 0 aliphatic rings. The normalized spacial score (nSPS) is 11.0. The van der Waals surface area contributed by atoms with Gasteiger partial charge in [0.25, 0.3) is 0 Å². The van der Waals surface area contributed by atoms with Crippen molar-refractivity contribution < 1.29 is 27.6 Å². The third kappa shape index (κ3) is 5.47. The molecule has 0 fully saturated rings. The Labute approximate surface area is 146 Å². The number of nitrogens with zero attached hydrogens (tertiary/aromatic N) is 1. The highest BCUT2D eigenvalue weighted by molar-refractivity contribution is 5.90. The Hall–Kier alpha value is -3.10. The molecular weight excluding hydrogens is 353 g/mol. The molecule has 0 aliphatic carbocycles. The summed E-state index contributed by atoms with van der Waals surface area (Å²) in [5, 5.41) is 13.2. The van der Waals surface area contributed by atoms with Crippen molar-refractivity contribution in [2.45, 2.75) is 19.0 Å². The van der Waals surface area contributed by atoms with Gasteiger partial charge in [0, 0.05) is 18.2 Å². The first-order chi connectivity index (χ1) is 12.3. The molecule has 0 aliphatic heterocycles. The van der Waals surface area contributed by atoms with Crippen LogP contribution in [0.2, 0.25) is 0 Å². The lowest BCUT2D eigenvalue weighted by Crippen LogP contribution is -2.14. The zero-order valence-electron chi connectivity index (χ0n) is 13.5. The van der Waals surface area contributed by atoms with Crippen LogP contribution in [-0.2, 0) is 11.0 Å². The van der Waals surface area contributed by atoms with E-state index < -0.39 is 22.6 Å². The lowest BCUT2D eigenvalue weighted by atomic mass is 10.2. The Morgan fingerprint density at radius 1 is 1.15 bits per heavy atom. The first-order valence-electron chi connectivity index (χ1n) is 7.60. The monoisotopic (exact) mass is 368 g/mol. The summed E-state index contributed by atoms with van der Waals surface area (Å²) < 4.78 is 43.2. The van der Waals surface area contributed by atoms with E-state index in [0.29, 0.717) is 0 Å². The van der Waals surface area contributed by atoms with Crippen molar-refractivity contribution in [2.24, 2.45) is 0 Å². The fourth-order valence-corrected chi connectivity index (χ4v) is 2.14. The van der Waals surface area contributed by atoms with Gasteiger partial charge >= 0.3 is 11.9 Å². The van der Waals surface area contributed by atoms with Gasteiger partial charge in [0.15, 0.2) is 5.75 Å². The van der Waals surface area contributed by atoms with E-state index in [-0.39, 0.29) is 36.6 Å². The largest absolute Gasteiger partial charge is 0.487 e. The number of hydrogen-bond donors (Lipinski definition) is 1. The molecule has 1 N–H and O–H groups in total. The van der Waals surface area contributed by atoms with Crippen molar-refractivity contribution in [2.75, 3.05) is 11.9 Å². The van der Waals surface area contributed by atoms with Crippen LogP contribution in [0.4, 0.5) is 24.5 Å². The number of rotatable bonds is 7.